The Morgan fingerprint density at radius 3 is 2.57 bits per heavy atom. The number of aromatic nitrogens is 5. The average molecular weight is 382 g/mol. The first-order valence-electron chi connectivity index (χ1n) is 8.82. The molecule has 0 atom stereocenters. The van der Waals surface area contributed by atoms with Gasteiger partial charge in [0.15, 0.2) is 5.69 Å². The molecule has 0 bridgehead atoms. The number of H-pyrrole nitrogens is 2. The molecule has 4 aromatic rings. The van der Waals surface area contributed by atoms with E-state index in [2.05, 4.69) is 31.4 Å². The van der Waals surface area contributed by atoms with E-state index in [9.17, 15) is 18.4 Å². The second-order valence-corrected chi connectivity index (χ2v) is 6.85. The minimum Gasteiger partial charge on any atom is -0.276 e. The van der Waals surface area contributed by atoms with Crippen LogP contribution in [0.25, 0.3) is 33.1 Å². The predicted molar refractivity (Wildman–Crippen MR) is 95.3 cm³/mol. The van der Waals surface area contributed by atoms with Gasteiger partial charge in [-0.3, -0.25) is 10.2 Å². The van der Waals surface area contributed by atoms with Gasteiger partial charge < -0.3 is 0 Å². The zero-order chi connectivity index (χ0) is 19.5. The lowest BCUT2D eigenvalue weighted by molar-refractivity contribution is -0.140. The number of nitriles is 1. The molecule has 28 heavy (non-hydrogen) atoms. The van der Waals surface area contributed by atoms with E-state index in [1.807, 2.05) is 0 Å². The lowest BCUT2D eigenvalue weighted by Gasteiger charge is -2.22. The highest BCUT2D eigenvalue weighted by Gasteiger charge is 2.37. The molecule has 1 aliphatic carbocycles. The zero-order valence-electron chi connectivity index (χ0n) is 14.5. The summed E-state index contributed by atoms with van der Waals surface area (Å²) >= 11 is 0. The molecule has 0 spiro atoms. The van der Waals surface area contributed by atoms with Gasteiger partial charge in [0.2, 0.25) is 0 Å². The van der Waals surface area contributed by atoms with Crippen LogP contribution in [0.3, 0.4) is 0 Å². The maximum atomic E-state index is 13.4. The Hall–Kier alpha value is -3.41. The average Bonchev–Trinajstić information content (AvgIpc) is 3.33. The normalized spacial score (nSPS) is 14.4. The molecular weight excluding hydrogens is 369 g/mol. The molecule has 1 aliphatic rings. The van der Waals surface area contributed by atoms with E-state index in [1.165, 1.54) is 6.20 Å². The number of pyridine rings is 1. The predicted octanol–water partition coefficient (Wildman–Crippen LogP) is 4.27. The highest BCUT2D eigenvalue weighted by molar-refractivity contribution is 6.10. The van der Waals surface area contributed by atoms with Gasteiger partial charge in [0, 0.05) is 10.8 Å². The third-order valence-electron chi connectivity index (χ3n) is 5.28. The van der Waals surface area contributed by atoms with Crippen LogP contribution in [0, 0.1) is 11.3 Å². The molecule has 9 heteroatoms. The zero-order valence-corrected chi connectivity index (χ0v) is 14.5. The number of nitrogens with zero attached hydrogens (tertiary/aromatic N) is 4. The van der Waals surface area contributed by atoms with Crippen molar-refractivity contribution in [1.82, 2.24) is 25.4 Å². The van der Waals surface area contributed by atoms with E-state index in [0.29, 0.717) is 28.5 Å². The number of fused-ring (bicyclic) bond motifs is 5. The van der Waals surface area contributed by atoms with Crippen LogP contribution < -0.4 is 0 Å². The van der Waals surface area contributed by atoms with Gasteiger partial charge in [-0.1, -0.05) is 0 Å². The first kappa shape index (κ1) is 16.7. The topological polar surface area (TPSA) is 94.0 Å². The van der Waals surface area contributed by atoms with Crippen LogP contribution in [0.4, 0.5) is 13.2 Å². The molecule has 1 aromatic carbocycles. The van der Waals surface area contributed by atoms with Crippen LogP contribution in [0.15, 0.2) is 18.3 Å². The maximum absolute atomic E-state index is 13.4. The Labute approximate surface area is 156 Å². The highest BCUT2D eigenvalue weighted by Crippen LogP contribution is 2.41. The van der Waals surface area contributed by atoms with E-state index in [4.69, 9.17) is 0 Å². The van der Waals surface area contributed by atoms with Crippen LogP contribution >= 0.6 is 0 Å². The smallest absolute Gasteiger partial charge is 0.276 e. The standard InChI is InChI=1S/C19H13F3N6/c20-19(21,22)18-11(8-24-28-18)17-10-4-2-1-3-9(10)15-12(25-17)5-6-13-16(15)14(7-23)27-26-13/h5-6,8H,1-4H2,(H,24,28)(H,26,27). The fourth-order valence-electron chi connectivity index (χ4n) is 4.12. The SMILES string of the molecule is N#Cc1n[nH]c2ccc3nc(-c4cn[nH]c4C(F)(F)F)c4c(c3c12)CCCC4. The van der Waals surface area contributed by atoms with E-state index in [-0.39, 0.29) is 11.3 Å². The second kappa shape index (κ2) is 5.79. The summed E-state index contributed by atoms with van der Waals surface area (Å²) in [5, 5.41) is 23.5. The van der Waals surface area contributed by atoms with Gasteiger partial charge in [-0.25, -0.2) is 4.98 Å². The van der Waals surface area contributed by atoms with Crippen molar-refractivity contribution in [3.63, 3.8) is 0 Å². The summed E-state index contributed by atoms with van der Waals surface area (Å²) in [5.74, 6) is 0. The minimum absolute atomic E-state index is 0.0413. The molecule has 0 amide bonds. The van der Waals surface area contributed by atoms with Crippen LogP contribution in [0.5, 0.6) is 0 Å². The summed E-state index contributed by atoms with van der Waals surface area (Å²) in [4.78, 5) is 4.60. The van der Waals surface area contributed by atoms with Crippen LogP contribution in [-0.4, -0.2) is 25.4 Å². The monoisotopic (exact) mass is 382 g/mol. The Bertz CT molecular complexity index is 1280. The van der Waals surface area contributed by atoms with Gasteiger partial charge in [0.05, 0.1) is 28.5 Å². The lowest BCUT2D eigenvalue weighted by Crippen LogP contribution is -2.11. The van der Waals surface area contributed by atoms with Crippen molar-refractivity contribution in [2.75, 3.05) is 0 Å². The first-order chi connectivity index (χ1) is 13.5. The van der Waals surface area contributed by atoms with Gasteiger partial charge in [0.25, 0.3) is 0 Å². The van der Waals surface area contributed by atoms with Crippen LogP contribution in [0.1, 0.15) is 35.4 Å². The highest BCUT2D eigenvalue weighted by atomic mass is 19.4. The molecule has 3 aromatic heterocycles. The molecule has 0 fully saturated rings. The van der Waals surface area contributed by atoms with Crippen LogP contribution in [-0.2, 0) is 19.0 Å². The summed E-state index contributed by atoms with van der Waals surface area (Å²) in [6.45, 7) is 0. The third kappa shape index (κ3) is 2.30. The van der Waals surface area contributed by atoms with Gasteiger partial charge in [-0.15, -0.1) is 0 Å². The molecule has 5 rings (SSSR count). The van der Waals surface area contributed by atoms with Gasteiger partial charge in [0.1, 0.15) is 11.8 Å². The molecule has 0 aliphatic heterocycles. The van der Waals surface area contributed by atoms with E-state index >= 15 is 0 Å². The minimum atomic E-state index is -4.55. The molecule has 0 saturated heterocycles. The summed E-state index contributed by atoms with van der Waals surface area (Å²) in [6.07, 6.45) is -0.213. The molecule has 0 unspecified atom stereocenters. The lowest BCUT2D eigenvalue weighted by atomic mass is 9.85. The number of aromatic amines is 2. The van der Waals surface area contributed by atoms with Gasteiger partial charge >= 0.3 is 6.18 Å². The van der Waals surface area contributed by atoms with E-state index in [0.717, 1.165) is 35.8 Å². The van der Waals surface area contributed by atoms with Crippen molar-refractivity contribution in [3.8, 4) is 17.3 Å². The molecule has 6 nitrogen and oxygen atoms in total. The van der Waals surface area contributed by atoms with Crippen molar-refractivity contribution in [2.45, 2.75) is 31.9 Å². The number of nitrogens with one attached hydrogen (secondary N) is 2. The number of hydrogen-bond acceptors (Lipinski definition) is 4. The molecule has 3 heterocycles. The van der Waals surface area contributed by atoms with Crippen molar-refractivity contribution in [2.24, 2.45) is 0 Å². The summed E-state index contributed by atoms with van der Waals surface area (Å²) < 4.78 is 40.3. The number of benzene rings is 1. The van der Waals surface area contributed by atoms with Crippen LogP contribution in [0.2, 0.25) is 0 Å². The van der Waals surface area contributed by atoms with Gasteiger partial charge in [-0.2, -0.15) is 28.6 Å². The fraction of sp³-hybridized carbons (Fsp3) is 0.263. The molecule has 0 saturated carbocycles. The Morgan fingerprint density at radius 2 is 1.82 bits per heavy atom. The van der Waals surface area contributed by atoms with Gasteiger partial charge in [-0.05, 0) is 48.9 Å². The number of aryl methyl sites for hydroxylation is 1. The molecular formula is C19H13F3N6. The van der Waals surface area contributed by atoms with Crippen molar-refractivity contribution in [3.05, 3.63) is 40.8 Å². The first-order valence-corrected chi connectivity index (χ1v) is 8.82. The number of alkyl halides is 3. The molecule has 2 N–H and O–H groups in total. The maximum Gasteiger partial charge on any atom is 0.433 e. The third-order valence-corrected chi connectivity index (χ3v) is 5.28. The number of rotatable bonds is 1. The van der Waals surface area contributed by atoms with Crippen molar-refractivity contribution in [1.29, 1.82) is 5.26 Å². The second-order valence-electron chi connectivity index (χ2n) is 6.85. The quantitative estimate of drug-likeness (QED) is 0.514. The number of hydrogen-bond donors (Lipinski definition) is 2. The number of halogens is 3. The summed E-state index contributed by atoms with van der Waals surface area (Å²) in [7, 11) is 0. The fourth-order valence-corrected chi connectivity index (χ4v) is 4.12. The Kier molecular flexibility index (Phi) is 3.46. The van der Waals surface area contributed by atoms with E-state index < -0.39 is 11.9 Å². The van der Waals surface area contributed by atoms with E-state index in [1.54, 1.807) is 12.1 Å². The summed E-state index contributed by atoms with van der Waals surface area (Å²) in [6, 6.07) is 5.59. The Morgan fingerprint density at radius 1 is 1.04 bits per heavy atom. The molecule has 0 radical (unpaired) electrons. The largest absolute Gasteiger partial charge is 0.433 e. The van der Waals surface area contributed by atoms with Crippen molar-refractivity contribution >= 4 is 21.8 Å². The summed E-state index contributed by atoms with van der Waals surface area (Å²) in [5.41, 5.74) is 2.65. The molecule has 140 valence electrons. The van der Waals surface area contributed by atoms with Crippen molar-refractivity contribution < 1.29 is 13.2 Å². The Balaban J connectivity index is 1.90.